The molecule has 0 spiro atoms. The van der Waals surface area contributed by atoms with Crippen LogP contribution in [-0.2, 0) is 17.6 Å². The van der Waals surface area contributed by atoms with Crippen LogP contribution in [0.1, 0.15) is 36.1 Å². The Labute approximate surface area is 113 Å². The van der Waals surface area contributed by atoms with Gasteiger partial charge in [0.1, 0.15) is 6.61 Å². The molecule has 0 aliphatic heterocycles. The number of nitrogens with one attached hydrogen (secondary N) is 1. The molecule has 2 rings (SSSR count). The highest BCUT2D eigenvalue weighted by atomic mass is 19.3. The summed E-state index contributed by atoms with van der Waals surface area (Å²) in [6.45, 7) is 2.52. The molecule has 0 aromatic heterocycles. The van der Waals surface area contributed by atoms with Crippen molar-refractivity contribution in [3.63, 3.8) is 0 Å². The zero-order chi connectivity index (χ0) is 13.7. The molecule has 106 valence electrons. The van der Waals surface area contributed by atoms with Gasteiger partial charge in [0.25, 0.3) is 6.43 Å². The number of fused-ring (bicyclic) bond motifs is 1. The fourth-order valence-corrected chi connectivity index (χ4v) is 2.50. The zero-order valence-corrected chi connectivity index (χ0v) is 11.3. The van der Waals surface area contributed by atoms with Crippen molar-refractivity contribution in [2.24, 2.45) is 0 Å². The van der Waals surface area contributed by atoms with Crippen molar-refractivity contribution in [1.82, 2.24) is 5.32 Å². The van der Waals surface area contributed by atoms with Crippen LogP contribution in [0.15, 0.2) is 18.2 Å². The van der Waals surface area contributed by atoms with E-state index < -0.39 is 13.0 Å². The lowest BCUT2D eigenvalue weighted by Crippen LogP contribution is -2.24. The van der Waals surface area contributed by atoms with Crippen LogP contribution in [0.3, 0.4) is 0 Å². The molecule has 1 aromatic rings. The summed E-state index contributed by atoms with van der Waals surface area (Å²) in [5.74, 6) is 0. The Bertz CT molecular complexity index is 409. The van der Waals surface area contributed by atoms with Crippen LogP contribution < -0.4 is 5.32 Å². The van der Waals surface area contributed by atoms with E-state index in [1.807, 2.05) is 0 Å². The van der Waals surface area contributed by atoms with Crippen molar-refractivity contribution in [3.8, 4) is 0 Å². The molecule has 0 saturated heterocycles. The fraction of sp³-hybridized carbons (Fsp3) is 0.600. The molecule has 1 aliphatic rings. The first-order chi connectivity index (χ1) is 9.16. The molecule has 1 aliphatic carbocycles. The number of hydrogen-bond donors (Lipinski definition) is 1. The van der Waals surface area contributed by atoms with Gasteiger partial charge in [-0.05, 0) is 42.9 Å². The maximum atomic E-state index is 11.9. The quantitative estimate of drug-likeness (QED) is 0.768. The average molecular weight is 269 g/mol. The van der Waals surface area contributed by atoms with Gasteiger partial charge in [-0.1, -0.05) is 18.2 Å². The van der Waals surface area contributed by atoms with Crippen LogP contribution in [-0.4, -0.2) is 26.2 Å². The van der Waals surface area contributed by atoms with Crippen molar-refractivity contribution < 1.29 is 13.5 Å². The molecular formula is C15H21F2NO. The van der Waals surface area contributed by atoms with Crippen LogP contribution in [0.4, 0.5) is 8.78 Å². The van der Waals surface area contributed by atoms with E-state index >= 15 is 0 Å². The third kappa shape index (κ3) is 4.25. The molecule has 4 heteroatoms. The highest BCUT2D eigenvalue weighted by Gasteiger charge is 2.13. The van der Waals surface area contributed by atoms with E-state index in [2.05, 4.69) is 30.4 Å². The number of hydrogen-bond acceptors (Lipinski definition) is 2. The highest BCUT2D eigenvalue weighted by molar-refractivity contribution is 5.36. The summed E-state index contributed by atoms with van der Waals surface area (Å²) in [7, 11) is 0. The summed E-state index contributed by atoms with van der Waals surface area (Å²) < 4.78 is 28.6. The van der Waals surface area contributed by atoms with Crippen LogP contribution in [0.5, 0.6) is 0 Å². The maximum Gasteiger partial charge on any atom is 0.261 e. The van der Waals surface area contributed by atoms with Crippen LogP contribution in [0, 0.1) is 0 Å². The van der Waals surface area contributed by atoms with Gasteiger partial charge in [0.2, 0.25) is 0 Å². The van der Waals surface area contributed by atoms with Crippen LogP contribution in [0.2, 0.25) is 0 Å². The van der Waals surface area contributed by atoms with Crippen molar-refractivity contribution in [3.05, 3.63) is 34.9 Å². The van der Waals surface area contributed by atoms with E-state index in [1.165, 1.54) is 36.0 Å². The molecule has 2 nitrogen and oxygen atoms in total. The summed E-state index contributed by atoms with van der Waals surface area (Å²) in [6.07, 6.45) is 1.24. The Kier molecular flexibility index (Phi) is 5.28. The molecule has 1 N–H and O–H groups in total. The summed E-state index contributed by atoms with van der Waals surface area (Å²) in [5.41, 5.74) is 4.19. The second kappa shape index (κ2) is 6.96. The second-order valence-corrected chi connectivity index (χ2v) is 5.02. The predicted octanol–water partition coefficient (Wildman–Crippen LogP) is 3.11. The first-order valence-corrected chi connectivity index (χ1v) is 6.88. The van der Waals surface area contributed by atoms with E-state index in [-0.39, 0.29) is 6.04 Å². The molecule has 1 unspecified atom stereocenters. The minimum atomic E-state index is -2.38. The summed E-state index contributed by atoms with van der Waals surface area (Å²) >= 11 is 0. The Morgan fingerprint density at radius 1 is 1.26 bits per heavy atom. The van der Waals surface area contributed by atoms with Gasteiger partial charge in [-0.25, -0.2) is 8.78 Å². The van der Waals surface area contributed by atoms with Gasteiger partial charge in [0.05, 0.1) is 6.61 Å². The van der Waals surface area contributed by atoms with Gasteiger partial charge in [-0.15, -0.1) is 0 Å². The minimum absolute atomic E-state index is 0.223. The summed E-state index contributed by atoms with van der Waals surface area (Å²) in [5, 5.41) is 3.29. The predicted molar refractivity (Wildman–Crippen MR) is 71.7 cm³/mol. The molecule has 0 bridgehead atoms. The standard InChI is InChI=1S/C15H21F2NO/c1-11(18-7-8-19-10-15(16)17)13-6-5-12-3-2-4-14(12)9-13/h5-6,9,11,15,18H,2-4,7-8,10H2,1H3. The Hall–Kier alpha value is -1.00. The molecule has 0 amide bonds. The number of aryl methyl sites for hydroxylation is 2. The number of rotatable bonds is 7. The molecule has 1 aromatic carbocycles. The monoisotopic (exact) mass is 269 g/mol. The van der Waals surface area contributed by atoms with E-state index in [1.54, 1.807) is 0 Å². The third-order valence-electron chi connectivity index (χ3n) is 3.56. The summed E-state index contributed by atoms with van der Waals surface area (Å²) in [6, 6.07) is 6.85. The van der Waals surface area contributed by atoms with Crippen molar-refractivity contribution in [2.75, 3.05) is 19.8 Å². The third-order valence-corrected chi connectivity index (χ3v) is 3.56. The Morgan fingerprint density at radius 3 is 2.84 bits per heavy atom. The van der Waals surface area contributed by atoms with Crippen LogP contribution in [0.25, 0.3) is 0 Å². The number of alkyl halides is 2. The lowest BCUT2D eigenvalue weighted by atomic mass is 10.0. The molecule has 1 atom stereocenters. The molecule has 0 heterocycles. The smallest absolute Gasteiger partial charge is 0.261 e. The minimum Gasteiger partial charge on any atom is -0.374 e. The van der Waals surface area contributed by atoms with Crippen molar-refractivity contribution in [1.29, 1.82) is 0 Å². The molecule has 0 fully saturated rings. The van der Waals surface area contributed by atoms with Gasteiger partial charge in [-0.3, -0.25) is 0 Å². The lowest BCUT2D eigenvalue weighted by molar-refractivity contribution is 0.0183. The Morgan fingerprint density at radius 2 is 2.05 bits per heavy atom. The number of benzene rings is 1. The Balaban J connectivity index is 1.75. The first-order valence-electron chi connectivity index (χ1n) is 6.88. The van der Waals surface area contributed by atoms with Gasteiger partial charge in [0, 0.05) is 12.6 Å². The van der Waals surface area contributed by atoms with Crippen LogP contribution >= 0.6 is 0 Å². The van der Waals surface area contributed by atoms with E-state index in [9.17, 15) is 8.78 Å². The topological polar surface area (TPSA) is 21.3 Å². The number of halogens is 2. The molecular weight excluding hydrogens is 248 g/mol. The van der Waals surface area contributed by atoms with Gasteiger partial charge in [0.15, 0.2) is 0 Å². The normalized spacial score (nSPS) is 15.8. The zero-order valence-electron chi connectivity index (χ0n) is 11.3. The van der Waals surface area contributed by atoms with E-state index in [4.69, 9.17) is 4.74 Å². The van der Waals surface area contributed by atoms with Crippen molar-refractivity contribution >= 4 is 0 Å². The largest absolute Gasteiger partial charge is 0.374 e. The van der Waals surface area contributed by atoms with E-state index in [0.29, 0.717) is 13.2 Å². The van der Waals surface area contributed by atoms with Crippen molar-refractivity contribution in [2.45, 2.75) is 38.7 Å². The SMILES string of the molecule is CC(NCCOCC(F)F)c1ccc2c(c1)CCC2. The average Bonchev–Trinajstić information content (AvgIpc) is 2.84. The molecule has 19 heavy (non-hydrogen) atoms. The first kappa shape index (κ1) is 14.4. The molecule has 0 saturated carbocycles. The highest BCUT2D eigenvalue weighted by Crippen LogP contribution is 2.25. The maximum absolute atomic E-state index is 11.9. The number of ether oxygens (including phenoxy) is 1. The lowest BCUT2D eigenvalue weighted by Gasteiger charge is -2.15. The van der Waals surface area contributed by atoms with E-state index in [0.717, 1.165) is 0 Å². The summed E-state index contributed by atoms with van der Waals surface area (Å²) in [4.78, 5) is 0. The second-order valence-electron chi connectivity index (χ2n) is 5.02. The van der Waals surface area contributed by atoms with Gasteiger partial charge >= 0.3 is 0 Å². The van der Waals surface area contributed by atoms with Gasteiger partial charge < -0.3 is 10.1 Å². The molecule has 0 radical (unpaired) electrons. The fourth-order valence-electron chi connectivity index (χ4n) is 2.50. The van der Waals surface area contributed by atoms with Gasteiger partial charge in [-0.2, -0.15) is 0 Å².